The summed E-state index contributed by atoms with van der Waals surface area (Å²) in [6, 6.07) is 4.04. The summed E-state index contributed by atoms with van der Waals surface area (Å²) in [7, 11) is 0. The van der Waals surface area contributed by atoms with Gasteiger partial charge in [-0.05, 0) is 30.9 Å². The molecule has 0 aromatic carbocycles. The molecule has 3 N–H and O–H groups in total. The second kappa shape index (κ2) is 13.5. The van der Waals surface area contributed by atoms with Gasteiger partial charge in [0.2, 0.25) is 5.91 Å². The molecule has 2 aromatic rings. The van der Waals surface area contributed by atoms with Crippen LogP contribution in [0.3, 0.4) is 0 Å². The van der Waals surface area contributed by atoms with Gasteiger partial charge < -0.3 is 20.4 Å². The van der Waals surface area contributed by atoms with Crippen LogP contribution in [0.5, 0.6) is 0 Å². The number of rotatable bonds is 3. The van der Waals surface area contributed by atoms with E-state index in [9.17, 15) is 35.9 Å². The lowest BCUT2D eigenvalue weighted by molar-refractivity contribution is -0.193. The van der Waals surface area contributed by atoms with Gasteiger partial charge in [-0.15, -0.1) is 0 Å². The van der Waals surface area contributed by atoms with Crippen LogP contribution in [-0.4, -0.2) is 104 Å². The highest BCUT2D eigenvalue weighted by molar-refractivity contribution is 5.92. The van der Waals surface area contributed by atoms with Crippen molar-refractivity contribution >= 4 is 23.8 Å². The van der Waals surface area contributed by atoms with Crippen molar-refractivity contribution in [3.63, 3.8) is 0 Å². The summed E-state index contributed by atoms with van der Waals surface area (Å²) in [6.45, 7) is 4.47. The van der Waals surface area contributed by atoms with Gasteiger partial charge >= 0.3 is 24.3 Å². The van der Waals surface area contributed by atoms with Crippen LogP contribution < -0.4 is 5.32 Å². The number of hydrogen-bond donors (Lipinski definition) is 3. The van der Waals surface area contributed by atoms with E-state index in [1.54, 1.807) is 18.6 Å². The van der Waals surface area contributed by atoms with Gasteiger partial charge in [-0.1, -0.05) is 6.07 Å². The van der Waals surface area contributed by atoms with E-state index in [4.69, 9.17) is 19.8 Å². The van der Waals surface area contributed by atoms with Crippen LogP contribution >= 0.6 is 0 Å². The monoisotopic (exact) mass is 634 g/mol. The van der Waals surface area contributed by atoms with Gasteiger partial charge in [0.15, 0.2) is 0 Å². The van der Waals surface area contributed by atoms with Crippen molar-refractivity contribution in [3.05, 3.63) is 54.4 Å². The average Bonchev–Trinajstić information content (AvgIpc) is 3.48. The first-order valence-electron chi connectivity index (χ1n) is 13.1. The number of fused-ring (bicyclic) bond motifs is 1. The molecule has 0 aliphatic carbocycles. The van der Waals surface area contributed by atoms with Crippen LogP contribution in [0.1, 0.15) is 35.3 Å². The predicted octanol–water partition coefficient (Wildman–Crippen LogP) is 2.38. The number of carbonyl (C=O) groups excluding carboxylic acids is 2. The van der Waals surface area contributed by atoms with Crippen molar-refractivity contribution in [3.8, 4) is 0 Å². The SMILES string of the molecule is O=C(O)C(F)(F)F.O=C(O)C(F)(F)F.O=C(c1cnccn1)N1CCC2(CC1)CN(Cc1cccnc1)CC21CCNC1=O. The summed E-state index contributed by atoms with van der Waals surface area (Å²) >= 11 is 0. The first-order valence-corrected chi connectivity index (χ1v) is 13.1. The summed E-state index contributed by atoms with van der Waals surface area (Å²) in [4.78, 5) is 60.3. The Kier molecular flexibility index (Phi) is 10.5. The highest BCUT2D eigenvalue weighted by Crippen LogP contribution is 2.56. The molecule has 0 saturated carbocycles. The molecule has 18 heteroatoms. The van der Waals surface area contributed by atoms with E-state index < -0.39 is 24.3 Å². The quantitative estimate of drug-likeness (QED) is 0.427. The van der Waals surface area contributed by atoms with Crippen LogP contribution in [0.25, 0.3) is 0 Å². The second-order valence-electron chi connectivity index (χ2n) is 10.4. The number of carboxylic acids is 2. The number of piperidine rings is 1. The predicted molar refractivity (Wildman–Crippen MR) is 137 cm³/mol. The van der Waals surface area contributed by atoms with Crippen molar-refractivity contribution in [1.82, 2.24) is 30.1 Å². The van der Waals surface area contributed by atoms with E-state index in [2.05, 4.69) is 31.2 Å². The van der Waals surface area contributed by atoms with Crippen molar-refractivity contribution < 1.29 is 55.7 Å². The Balaban J connectivity index is 0.000000317. The normalized spacial score (nSPS) is 21.1. The Labute approximate surface area is 246 Å². The maximum absolute atomic E-state index is 13.1. The lowest BCUT2D eigenvalue weighted by atomic mass is 9.60. The molecule has 240 valence electrons. The Hall–Kier alpha value is -4.35. The highest BCUT2D eigenvalue weighted by Gasteiger charge is 2.63. The number of likely N-dealkylation sites (tertiary alicyclic amines) is 2. The number of carbonyl (C=O) groups is 4. The van der Waals surface area contributed by atoms with E-state index >= 15 is 0 Å². The minimum atomic E-state index is -5.08. The number of aromatic nitrogens is 3. The number of hydrogen-bond acceptors (Lipinski definition) is 8. The number of halogens is 6. The standard InChI is InChI=1S/C22H26N6O2.2C2HF3O2/c29-19(18-13-24-8-9-25-18)28-10-4-21(5-11-28)15-27(14-17-2-1-6-23-12-17)16-22(21)3-7-26-20(22)30;2*3-2(4,5)1(6)7/h1-2,6,8-9,12-13H,3-5,7,10-11,14-16H2,(H,26,30);2*(H,6,7). The smallest absolute Gasteiger partial charge is 0.475 e. The third-order valence-corrected chi connectivity index (χ3v) is 7.71. The Morgan fingerprint density at radius 2 is 1.48 bits per heavy atom. The van der Waals surface area contributed by atoms with Crippen molar-refractivity contribution in [2.24, 2.45) is 10.8 Å². The van der Waals surface area contributed by atoms with Crippen molar-refractivity contribution in [1.29, 1.82) is 0 Å². The lowest BCUT2D eigenvalue weighted by Gasteiger charge is -2.46. The zero-order chi connectivity index (χ0) is 32.8. The minimum Gasteiger partial charge on any atom is -0.475 e. The fourth-order valence-electron chi connectivity index (χ4n) is 5.72. The van der Waals surface area contributed by atoms with Crippen LogP contribution in [0, 0.1) is 10.8 Å². The minimum absolute atomic E-state index is 0.0758. The van der Waals surface area contributed by atoms with E-state index in [0.717, 1.165) is 45.4 Å². The summed E-state index contributed by atoms with van der Waals surface area (Å²) in [5, 5.41) is 17.3. The Morgan fingerprint density at radius 1 is 0.886 bits per heavy atom. The molecule has 2 amide bonds. The molecule has 5 heterocycles. The number of nitrogens with one attached hydrogen (secondary N) is 1. The summed E-state index contributed by atoms with van der Waals surface area (Å²) < 4.78 is 63.5. The van der Waals surface area contributed by atoms with E-state index in [1.807, 2.05) is 17.2 Å². The molecule has 3 aliphatic heterocycles. The Bertz CT molecular complexity index is 1300. The topological polar surface area (TPSA) is 166 Å². The van der Waals surface area contributed by atoms with Gasteiger partial charge in [-0.2, -0.15) is 26.3 Å². The fourth-order valence-corrected chi connectivity index (χ4v) is 5.72. The molecule has 3 saturated heterocycles. The first kappa shape index (κ1) is 34.1. The first-order chi connectivity index (χ1) is 20.5. The zero-order valence-electron chi connectivity index (χ0n) is 22.9. The van der Waals surface area contributed by atoms with Crippen molar-refractivity contribution in [2.75, 3.05) is 32.7 Å². The van der Waals surface area contributed by atoms with Gasteiger partial charge in [-0.3, -0.25) is 24.5 Å². The van der Waals surface area contributed by atoms with Crippen LogP contribution in [-0.2, 0) is 20.9 Å². The Morgan fingerprint density at radius 3 is 1.93 bits per heavy atom. The average molecular weight is 635 g/mol. The fraction of sp³-hybridized carbons (Fsp3) is 0.500. The van der Waals surface area contributed by atoms with Gasteiger partial charge in [0.05, 0.1) is 11.6 Å². The molecule has 0 bridgehead atoms. The second-order valence-corrected chi connectivity index (χ2v) is 10.4. The van der Waals surface area contributed by atoms with Gasteiger partial charge in [0, 0.05) is 69.5 Å². The molecule has 3 fully saturated rings. The number of nitrogens with zero attached hydrogens (tertiary/aromatic N) is 5. The molecule has 1 atom stereocenters. The largest absolute Gasteiger partial charge is 0.490 e. The van der Waals surface area contributed by atoms with E-state index in [0.29, 0.717) is 18.8 Å². The zero-order valence-corrected chi connectivity index (χ0v) is 22.9. The van der Waals surface area contributed by atoms with E-state index in [-0.39, 0.29) is 22.6 Å². The molecule has 12 nitrogen and oxygen atoms in total. The van der Waals surface area contributed by atoms with Crippen LogP contribution in [0.15, 0.2) is 43.1 Å². The van der Waals surface area contributed by atoms with Gasteiger partial charge in [0.1, 0.15) is 5.69 Å². The maximum atomic E-state index is 13.1. The molecular weight excluding hydrogens is 606 g/mol. The number of aliphatic carboxylic acids is 2. The van der Waals surface area contributed by atoms with Crippen LogP contribution in [0.2, 0.25) is 0 Å². The molecule has 5 rings (SSSR count). The summed E-state index contributed by atoms with van der Waals surface area (Å²) in [5.41, 5.74) is 1.08. The van der Waals surface area contributed by atoms with E-state index in [1.165, 1.54) is 11.8 Å². The molecule has 3 aliphatic rings. The molecular formula is C26H28F6N6O6. The summed E-state index contributed by atoms with van der Waals surface area (Å²) in [5.74, 6) is -5.40. The number of pyridine rings is 1. The highest BCUT2D eigenvalue weighted by atomic mass is 19.4. The van der Waals surface area contributed by atoms with Crippen molar-refractivity contribution in [2.45, 2.75) is 38.2 Å². The number of alkyl halides is 6. The molecule has 0 radical (unpaired) electrons. The lowest BCUT2D eigenvalue weighted by Crippen LogP contribution is -2.53. The molecule has 1 unspecified atom stereocenters. The van der Waals surface area contributed by atoms with Gasteiger partial charge in [-0.25, -0.2) is 14.6 Å². The maximum Gasteiger partial charge on any atom is 0.490 e. The van der Waals surface area contributed by atoms with Gasteiger partial charge in [0.25, 0.3) is 5.91 Å². The van der Waals surface area contributed by atoms with Crippen LogP contribution in [0.4, 0.5) is 26.3 Å². The molecule has 44 heavy (non-hydrogen) atoms. The summed E-state index contributed by atoms with van der Waals surface area (Å²) in [6.07, 6.45) is 0.673. The molecule has 2 aromatic heterocycles. The number of amides is 2. The third kappa shape index (κ3) is 7.97. The third-order valence-electron chi connectivity index (χ3n) is 7.71. The number of carboxylic acid groups (broad SMARTS) is 2. The molecule has 2 spiro atoms.